The highest BCUT2D eigenvalue weighted by molar-refractivity contribution is 6.51. The Morgan fingerprint density at radius 1 is 0.971 bits per heavy atom. The Morgan fingerprint density at radius 3 is 2.38 bits per heavy atom. The van der Waals surface area contributed by atoms with Crippen LogP contribution in [0.5, 0.6) is 11.5 Å². The summed E-state index contributed by atoms with van der Waals surface area (Å²) in [4.78, 5) is 30.1. The molecule has 1 fully saturated rings. The van der Waals surface area contributed by atoms with Crippen molar-refractivity contribution < 1.29 is 24.2 Å². The van der Waals surface area contributed by atoms with Gasteiger partial charge in [-0.25, -0.2) is 0 Å². The summed E-state index contributed by atoms with van der Waals surface area (Å²) in [5.41, 5.74) is 3.58. The predicted octanol–water partition coefficient (Wildman–Crippen LogP) is 4.42. The van der Waals surface area contributed by atoms with Gasteiger partial charge in [0.15, 0.2) is 11.5 Å². The van der Waals surface area contributed by atoms with Gasteiger partial charge in [-0.05, 0) is 54.4 Å². The first kappa shape index (κ1) is 21.6. The Hall–Kier alpha value is -4.26. The van der Waals surface area contributed by atoms with Gasteiger partial charge < -0.3 is 19.5 Å². The van der Waals surface area contributed by atoms with E-state index in [1.54, 1.807) is 18.2 Å². The van der Waals surface area contributed by atoms with Crippen LogP contribution in [-0.2, 0) is 9.59 Å². The third-order valence-corrected chi connectivity index (χ3v) is 6.19. The summed E-state index contributed by atoms with van der Waals surface area (Å²) in [6, 6.07) is 19.2. The number of rotatable bonds is 4. The number of aliphatic hydroxyl groups is 1. The van der Waals surface area contributed by atoms with Crippen LogP contribution < -0.4 is 19.3 Å². The number of hydrogen-bond donors (Lipinski definition) is 1. The minimum absolute atomic E-state index is 0.0321. The molecule has 7 nitrogen and oxygen atoms in total. The summed E-state index contributed by atoms with van der Waals surface area (Å²) in [7, 11) is 3.88. The molecule has 2 heterocycles. The second-order valence-electron chi connectivity index (χ2n) is 8.51. The van der Waals surface area contributed by atoms with Crippen LogP contribution in [0.25, 0.3) is 5.76 Å². The molecule has 2 aliphatic heterocycles. The van der Waals surface area contributed by atoms with Crippen molar-refractivity contribution in [2.24, 2.45) is 0 Å². The highest BCUT2D eigenvalue weighted by Gasteiger charge is 2.47. The van der Waals surface area contributed by atoms with E-state index in [4.69, 9.17) is 9.47 Å². The van der Waals surface area contributed by atoms with Crippen molar-refractivity contribution >= 4 is 28.8 Å². The first-order chi connectivity index (χ1) is 16.4. The standard InChI is InChI=1S/C27H24N2O5/c1-16-6-4-5-7-20(16)29-24(17-8-11-19(12-9-17)28(2)3)23(26(31)27(29)32)25(30)18-10-13-21-22(14-18)34-15-33-21/h4-14,24,30H,15H2,1-3H3/b25-23-. The Labute approximate surface area is 197 Å². The number of fused-ring (bicyclic) bond motifs is 1. The van der Waals surface area contributed by atoms with Gasteiger partial charge in [0.1, 0.15) is 5.76 Å². The fourth-order valence-electron chi connectivity index (χ4n) is 4.38. The lowest BCUT2D eigenvalue weighted by Gasteiger charge is -2.27. The van der Waals surface area contributed by atoms with E-state index in [0.29, 0.717) is 22.7 Å². The molecule has 0 bridgehead atoms. The average Bonchev–Trinajstić information content (AvgIpc) is 3.41. The number of carbonyl (C=O) groups is 2. The zero-order valence-electron chi connectivity index (χ0n) is 19.1. The van der Waals surface area contributed by atoms with Crippen molar-refractivity contribution in [3.8, 4) is 11.5 Å². The Balaban J connectivity index is 1.70. The molecule has 1 amide bonds. The second kappa shape index (κ2) is 8.26. The number of amides is 1. The quantitative estimate of drug-likeness (QED) is 0.356. The zero-order chi connectivity index (χ0) is 24.0. The number of Topliss-reactive ketones (excluding diaryl/α,β-unsaturated/α-hetero) is 1. The van der Waals surface area contributed by atoms with Gasteiger partial charge >= 0.3 is 0 Å². The largest absolute Gasteiger partial charge is 0.507 e. The molecule has 0 spiro atoms. The maximum absolute atomic E-state index is 13.3. The molecule has 2 aliphatic rings. The number of anilines is 2. The fraction of sp³-hybridized carbons (Fsp3) is 0.185. The van der Waals surface area contributed by atoms with Crippen LogP contribution in [0.2, 0.25) is 0 Å². The van der Waals surface area contributed by atoms with Crippen LogP contribution >= 0.6 is 0 Å². The normalized spacial score (nSPS) is 18.4. The third kappa shape index (κ3) is 3.46. The van der Waals surface area contributed by atoms with Crippen molar-refractivity contribution in [2.75, 3.05) is 30.7 Å². The van der Waals surface area contributed by atoms with Crippen LogP contribution in [0.4, 0.5) is 11.4 Å². The van der Waals surface area contributed by atoms with Gasteiger partial charge in [0.05, 0.1) is 11.6 Å². The maximum atomic E-state index is 13.3. The van der Waals surface area contributed by atoms with Crippen molar-refractivity contribution in [3.05, 3.63) is 89.0 Å². The molecule has 1 unspecified atom stereocenters. The molecule has 0 aromatic heterocycles. The Kier molecular flexibility index (Phi) is 5.24. The van der Waals surface area contributed by atoms with E-state index < -0.39 is 17.7 Å². The van der Waals surface area contributed by atoms with Crippen LogP contribution in [0.3, 0.4) is 0 Å². The number of ether oxygens (including phenoxy) is 2. The van der Waals surface area contributed by atoms with Crippen molar-refractivity contribution in [2.45, 2.75) is 13.0 Å². The molecule has 1 N–H and O–H groups in total. The molecule has 1 atom stereocenters. The lowest BCUT2D eigenvalue weighted by atomic mass is 9.94. The van der Waals surface area contributed by atoms with Gasteiger partial charge in [-0.15, -0.1) is 0 Å². The first-order valence-electron chi connectivity index (χ1n) is 10.9. The zero-order valence-corrected chi connectivity index (χ0v) is 19.1. The highest BCUT2D eigenvalue weighted by atomic mass is 16.7. The van der Waals surface area contributed by atoms with E-state index in [9.17, 15) is 14.7 Å². The molecule has 0 aliphatic carbocycles. The van der Waals surface area contributed by atoms with Gasteiger partial charge in [-0.3, -0.25) is 14.5 Å². The SMILES string of the molecule is Cc1ccccc1N1C(=O)C(=O)/C(=C(\O)c2ccc3c(c2)OCO3)C1c1ccc(N(C)C)cc1. The number of hydrogen-bond acceptors (Lipinski definition) is 6. The number of para-hydroxylation sites is 1. The van der Waals surface area contributed by atoms with Crippen LogP contribution in [0.1, 0.15) is 22.7 Å². The second-order valence-corrected chi connectivity index (χ2v) is 8.51. The average molecular weight is 456 g/mol. The monoisotopic (exact) mass is 456 g/mol. The van der Waals surface area contributed by atoms with Gasteiger partial charge in [0.25, 0.3) is 11.7 Å². The minimum Gasteiger partial charge on any atom is -0.507 e. The summed E-state index contributed by atoms with van der Waals surface area (Å²) in [5, 5.41) is 11.3. The molecule has 1 saturated heterocycles. The number of aryl methyl sites for hydroxylation is 1. The fourth-order valence-corrected chi connectivity index (χ4v) is 4.38. The number of benzene rings is 3. The van der Waals surface area contributed by atoms with E-state index in [2.05, 4.69) is 0 Å². The maximum Gasteiger partial charge on any atom is 0.300 e. The molecule has 34 heavy (non-hydrogen) atoms. The number of aliphatic hydroxyl groups excluding tert-OH is 1. The molecular weight excluding hydrogens is 432 g/mol. The van der Waals surface area contributed by atoms with Crippen molar-refractivity contribution in [1.82, 2.24) is 0 Å². The summed E-state index contributed by atoms with van der Waals surface area (Å²) in [6.07, 6.45) is 0. The van der Waals surface area contributed by atoms with Gasteiger partial charge in [0.2, 0.25) is 6.79 Å². The lowest BCUT2D eigenvalue weighted by Crippen LogP contribution is -2.30. The van der Waals surface area contributed by atoms with Crippen LogP contribution in [0, 0.1) is 6.92 Å². The molecule has 3 aromatic carbocycles. The topological polar surface area (TPSA) is 79.3 Å². The first-order valence-corrected chi connectivity index (χ1v) is 10.9. The summed E-state index contributed by atoms with van der Waals surface area (Å²) >= 11 is 0. The Bertz CT molecular complexity index is 1330. The minimum atomic E-state index is -0.789. The van der Waals surface area contributed by atoms with E-state index in [1.807, 2.05) is 74.4 Å². The smallest absolute Gasteiger partial charge is 0.300 e. The molecule has 5 rings (SSSR count). The van der Waals surface area contributed by atoms with Crippen LogP contribution in [0.15, 0.2) is 72.3 Å². The molecular formula is C27H24N2O5. The molecule has 0 saturated carbocycles. The summed E-state index contributed by atoms with van der Waals surface area (Å²) in [6.45, 7) is 1.98. The van der Waals surface area contributed by atoms with Crippen LogP contribution in [-0.4, -0.2) is 37.7 Å². The van der Waals surface area contributed by atoms with Gasteiger partial charge in [0, 0.05) is 31.0 Å². The molecule has 7 heteroatoms. The van der Waals surface area contributed by atoms with E-state index in [1.165, 1.54) is 4.90 Å². The third-order valence-electron chi connectivity index (χ3n) is 6.19. The van der Waals surface area contributed by atoms with Crippen molar-refractivity contribution in [3.63, 3.8) is 0 Å². The summed E-state index contributed by atoms with van der Waals surface area (Å²) < 4.78 is 10.8. The lowest BCUT2D eigenvalue weighted by molar-refractivity contribution is -0.132. The molecule has 0 radical (unpaired) electrons. The predicted molar refractivity (Wildman–Crippen MR) is 129 cm³/mol. The highest BCUT2D eigenvalue weighted by Crippen LogP contribution is 2.44. The Morgan fingerprint density at radius 2 is 1.68 bits per heavy atom. The van der Waals surface area contributed by atoms with Crippen molar-refractivity contribution in [1.29, 1.82) is 0 Å². The van der Waals surface area contributed by atoms with Gasteiger partial charge in [-0.1, -0.05) is 30.3 Å². The molecule has 172 valence electrons. The number of carbonyl (C=O) groups excluding carboxylic acids is 2. The number of nitrogens with zero attached hydrogens (tertiary/aromatic N) is 2. The summed E-state index contributed by atoms with van der Waals surface area (Å²) in [5.74, 6) is -0.635. The van der Waals surface area contributed by atoms with E-state index in [0.717, 1.165) is 16.8 Å². The van der Waals surface area contributed by atoms with E-state index in [-0.39, 0.29) is 18.1 Å². The van der Waals surface area contributed by atoms with Gasteiger partial charge in [-0.2, -0.15) is 0 Å². The number of ketones is 1. The molecule has 3 aromatic rings. The van der Waals surface area contributed by atoms with E-state index >= 15 is 0 Å².